The molecule has 3 rings (SSSR count). The molecule has 1 aliphatic heterocycles. The Hall–Kier alpha value is -4.11. The predicted molar refractivity (Wildman–Crippen MR) is 116 cm³/mol. The van der Waals surface area contributed by atoms with Crippen LogP contribution >= 0.6 is 33.7 Å². The molecule has 0 saturated carbocycles. The number of rotatable bonds is 2. The van der Waals surface area contributed by atoms with Gasteiger partial charge in [0.25, 0.3) is 0 Å². The van der Waals surface area contributed by atoms with E-state index in [1.54, 1.807) is 18.2 Å². The number of hydrogen-bond acceptors (Lipinski definition) is 11. The molecule has 15 heteroatoms. The lowest BCUT2D eigenvalue weighted by molar-refractivity contribution is 0.471. The number of nitrogens with zero attached hydrogens (tertiary/aromatic N) is 9. The molecule has 0 saturated heterocycles. The second-order valence-corrected chi connectivity index (χ2v) is 9.15. The fourth-order valence-electron chi connectivity index (χ4n) is 2.08. The lowest BCUT2D eigenvalue weighted by Gasteiger charge is -2.05. The van der Waals surface area contributed by atoms with Gasteiger partial charge < -0.3 is 5.11 Å². The number of aromatic hydroxyl groups is 1. The Morgan fingerprint density at radius 3 is 1.75 bits per heavy atom. The normalized spacial score (nSPS) is 13.5. The van der Waals surface area contributed by atoms with E-state index in [-0.39, 0.29) is 5.56 Å². The molecule has 32 heavy (non-hydrogen) atoms. The SMILES string of the molecule is N#Cc1c(O)c(C#N)c(C#N)c(C#N)c1C#N.c1ccc(O[P+]2=NP=NP=NP=N2)cc1. The molecule has 1 N–H and O–H groups in total. The van der Waals surface area contributed by atoms with Gasteiger partial charge in [-0.3, -0.25) is 0 Å². The fraction of sp³-hybridized carbons (Fsp3) is 0. The Balaban J connectivity index is 0.000000228. The zero-order chi connectivity index (χ0) is 23.3. The summed E-state index contributed by atoms with van der Waals surface area (Å²) in [4.78, 5) is 0. The van der Waals surface area contributed by atoms with Crippen molar-refractivity contribution in [1.82, 2.24) is 0 Å². The third-order valence-electron chi connectivity index (χ3n) is 3.36. The van der Waals surface area contributed by atoms with Crippen LogP contribution in [0.5, 0.6) is 11.5 Å². The van der Waals surface area contributed by atoms with Crippen LogP contribution in [0.3, 0.4) is 0 Å². The Bertz CT molecular complexity index is 1320. The second kappa shape index (κ2) is 12.6. The highest BCUT2D eigenvalue weighted by molar-refractivity contribution is 7.55. The number of phenols is 1. The lowest BCUT2D eigenvalue weighted by Crippen LogP contribution is -1.99. The molecule has 0 aromatic heterocycles. The van der Waals surface area contributed by atoms with Gasteiger partial charge in [-0.1, -0.05) is 18.2 Å². The van der Waals surface area contributed by atoms with E-state index in [9.17, 15) is 5.11 Å². The van der Waals surface area contributed by atoms with E-state index >= 15 is 0 Å². The molecule has 1 aliphatic rings. The molecular formula is C17H6N9O2P4+. The van der Waals surface area contributed by atoms with Crippen LogP contribution in [0.25, 0.3) is 0 Å². The van der Waals surface area contributed by atoms with Gasteiger partial charge in [0, 0.05) is 9.03 Å². The maximum Gasteiger partial charge on any atom is 0.600 e. The van der Waals surface area contributed by atoms with Crippen LogP contribution in [0.15, 0.2) is 48.4 Å². The standard InChI is InChI=1S/C11HN5O.C6H5N4OP4/c12-1-6-7(2-13)9(4-15)11(17)10(5-16)8(6)3-14;1-2-4-6(5-3-1)11-15-9-13-7-12-8-14-10-15/h17H;1-5H/q;+1. The zero-order valence-corrected chi connectivity index (χ0v) is 19.1. The molecule has 1 heterocycles. The van der Waals surface area contributed by atoms with Crippen molar-refractivity contribution in [2.75, 3.05) is 0 Å². The molecular weight excluding hydrogens is 486 g/mol. The maximum absolute atomic E-state index is 9.58. The Kier molecular flexibility index (Phi) is 9.48. The number of hydrogen-bond donors (Lipinski definition) is 1. The molecule has 0 spiro atoms. The van der Waals surface area contributed by atoms with Crippen LogP contribution in [0.4, 0.5) is 0 Å². The van der Waals surface area contributed by atoms with Crippen LogP contribution in [0, 0.1) is 56.7 Å². The summed E-state index contributed by atoms with van der Waals surface area (Å²) >= 11 is 0. The number of nitriles is 5. The Morgan fingerprint density at radius 1 is 0.719 bits per heavy atom. The van der Waals surface area contributed by atoms with Crippen LogP contribution in [-0.2, 0) is 0 Å². The fourth-order valence-corrected chi connectivity index (χ4v) is 5.37. The maximum atomic E-state index is 9.58. The summed E-state index contributed by atoms with van der Waals surface area (Å²) in [7, 11) is 0.805. The minimum absolute atomic E-state index is 0.374. The first-order chi connectivity index (χ1) is 15.6. The lowest BCUT2D eigenvalue weighted by atomic mass is 9.93. The van der Waals surface area contributed by atoms with Crippen molar-refractivity contribution in [1.29, 1.82) is 26.3 Å². The highest BCUT2D eigenvalue weighted by Gasteiger charge is 2.23. The quantitative estimate of drug-likeness (QED) is 0.464. The van der Waals surface area contributed by atoms with Gasteiger partial charge in [0.1, 0.15) is 41.5 Å². The van der Waals surface area contributed by atoms with Crippen molar-refractivity contribution in [2.45, 2.75) is 0 Å². The van der Waals surface area contributed by atoms with Gasteiger partial charge in [0.2, 0.25) is 17.0 Å². The van der Waals surface area contributed by atoms with Gasteiger partial charge in [-0.25, -0.2) is 4.52 Å². The number of benzene rings is 2. The third kappa shape index (κ3) is 5.96. The molecule has 11 nitrogen and oxygen atoms in total. The molecule has 0 aliphatic carbocycles. The van der Waals surface area contributed by atoms with Crippen LogP contribution in [0.1, 0.15) is 27.8 Å². The molecule has 1 unspecified atom stereocenters. The van der Waals surface area contributed by atoms with E-state index in [0.29, 0.717) is 25.6 Å². The van der Waals surface area contributed by atoms with Gasteiger partial charge in [0.15, 0.2) is 20.0 Å². The molecule has 0 radical (unpaired) electrons. The van der Waals surface area contributed by atoms with Gasteiger partial charge in [-0.15, -0.1) is 0 Å². The van der Waals surface area contributed by atoms with E-state index in [1.165, 1.54) is 12.1 Å². The minimum atomic E-state index is -1.16. The average Bonchev–Trinajstić information content (AvgIpc) is 2.80. The Labute approximate surface area is 187 Å². The van der Waals surface area contributed by atoms with Gasteiger partial charge in [0.05, 0.1) is 16.7 Å². The average molecular weight is 492 g/mol. The van der Waals surface area contributed by atoms with Crippen molar-refractivity contribution in [3.05, 3.63) is 58.1 Å². The number of phenolic OH excluding ortho intramolecular Hbond substituents is 1. The van der Waals surface area contributed by atoms with Crippen LogP contribution in [0.2, 0.25) is 0 Å². The predicted octanol–water partition coefficient (Wildman–Crippen LogP) is 6.46. The molecule has 0 fully saturated rings. The topological polar surface area (TPSA) is 198 Å². The van der Waals surface area contributed by atoms with Crippen molar-refractivity contribution in [2.24, 2.45) is 18.1 Å². The van der Waals surface area contributed by atoms with E-state index < -0.39 is 36.1 Å². The van der Waals surface area contributed by atoms with Crippen LogP contribution < -0.4 is 4.52 Å². The zero-order valence-electron chi connectivity index (χ0n) is 15.6. The molecule has 2 aromatic carbocycles. The smallest absolute Gasteiger partial charge is 0.505 e. The van der Waals surface area contributed by atoms with Crippen molar-refractivity contribution in [3.8, 4) is 41.8 Å². The molecule has 1 atom stereocenters. The summed E-state index contributed by atoms with van der Waals surface area (Å²) in [6.07, 6.45) is 0. The molecule has 2 aromatic rings. The van der Waals surface area contributed by atoms with E-state index in [1.807, 2.05) is 30.3 Å². The third-order valence-corrected chi connectivity index (χ3v) is 6.87. The summed E-state index contributed by atoms with van der Waals surface area (Å²) in [5.74, 6) is 0.0294. The summed E-state index contributed by atoms with van der Waals surface area (Å²) in [5.41, 5.74) is -2.12. The summed E-state index contributed by atoms with van der Waals surface area (Å²) in [6, 6.07) is 17.3. The first-order valence-corrected chi connectivity index (χ1v) is 11.6. The summed E-state index contributed by atoms with van der Waals surface area (Å²) in [5, 5.41) is 53.6. The first kappa shape index (κ1) is 24.2. The van der Waals surface area contributed by atoms with Crippen molar-refractivity contribution in [3.63, 3.8) is 0 Å². The number of para-hydroxylation sites is 1. The first-order valence-electron chi connectivity index (χ1n) is 7.99. The Morgan fingerprint density at radius 2 is 1.22 bits per heavy atom. The monoisotopic (exact) mass is 492 g/mol. The minimum Gasteiger partial charge on any atom is -0.505 e. The molecule has 0 bridgehead atoms. The van der Waals surface area contributed by atoms with Crippen molar-refractivity contribution >= 4 is 33.7 Å². The van der Waals surface area contributed by atoms with Gasteiger partial charge in [-0.05, 0) is 12.1 Å². The van der Waals surface area contributed by atoms with Gasteiger partial charge in [-0.2, -0.15) is 35.3 Å². The van der Waals surface area contributed by atoms with Gasteiger partial charge >= 0.3 is 8.09 Å². The summed E-state index contributed by atoms with van der Waals surface area (Å²) in [6.45, 7) is 0. The molecule has 0 amide bonds. The highest BCUT2D eigenvalue weighted by atomic mass is 31.2. The van der Waals surface area contributed by atoms with E-state index in [0.717, 1.165) is 5.75 Å². The summed E-state index contributed by atoms with van der Waals surface area (Å²) < 4.78 is 22.0. The largest absolute Gasteiger partial charge is 0.600 e. The second-order valence-electron chi connectivity index (χ2n) is 5.07. The van der Waals surface area contributed by atoms with Crippen LogP contribution in [-0.4, -0.2) is 5.11 Å². The highest BCUT2D eigenvalue weighted by Crippen LogP contribution is 2.40. The van der Waals surface area contributed by atoms with E-state index in [4.69, 9.17) is 30.8 Å². The van der Waals surface area contributed by atoms with Crippen molar-refractivity contribution < 1.29 is 9.63 Å². The van der Waals surface area contributed by atoms with E-state index in [2.05, 4.69) is 18.1 Å². The molecule has 150 valence electrons.